The summed E-state index contributed by atoms with van der Waals surface area (Å²) in [5, 5.41) is 3.95. The van der Waals surface area contributed by atoms with Crippen molar-refractivity contribution in [3.63, 3.8) is 0 Å². The van der Waals surface area contributed by atoms with Crippen LogP contribution in [0.3, 0.4) is 0 Å². The summed E-state index contributed by atoms with van der Waals surface area (Å²) in [4.78, 5) is 53.8. The van der Waals surface area contributed by atoms with Crippen LogP contribution in [-0.2, 0) is 49.7 Å². The van der Waals surface area contributed by atoms with E-state index >= 15 is 0 Å². The first-order valence-corrected chi connectivity index (χ1v) is 37.8. The topological polar surface area (TPSA) is 164 Å². The molecule has 0 aliphatic carbocycles. The third-order valence-electron chi connectivity index (χ3n) is 19.9. The predicted octanol–water partition coefficient (Wildman–Crippen LogP) is 21.9. The molecule has 0 atom stereocenters. The van der Waals surface area contributed by atoms with Gasteiger partial charge in [0.15, 0.2) is 23.3 Å². The lowest BCUT2D eigenvalue weighted by Gasteiger charge is -2.13. The fraction of sp³-hybridized carbons (Fsp3) is 0.512. The van der Waals surface area contributed by atoms with E-state index in [-0.39, 0.29) is 12.3 Å². The number of carbonyl (C=O) groups excluding carboxylic acids is 1. The van der Waals surface area contributed by atoms with E-state index in [0.717, 1.165) is 142 Å². The van der Waals surface area contributed by atoms with Crippen molar-refractivity contribution in [3.8, 4) is 57.4 Å². The van der Waals surface area contributed by atoms with Crippen LogP contribution >= 0.6 is 0 Å². The minimum absolute atomic E-state index is 0.203. The minimum Gasteiger partial charge on any atom is -0.324 e. The van der Waals surface area contributed by atoms with E-state index in [1.807, 2.05) is 24.3 Å². The highest BCUT2D eigenvalue weighted by Crippen LogP contribution is 2.41. The summed E-state index contributed by atoms with van der Waals surface area (Å²) in [5.41, 5.74) is 20.2. The summed E-state index contributed by atoms with van der Waals surface area (Å²) in [6.45, 7) is 13.8. The molecule has 8 bridgehead atoms. The molecule has 10 rings (SSSR count). The normalized spacial score (nSPS) is 11.8. The number of fused-ring (bicyclic) bond motifs is 20. The number of H-pyrrole nitrogens is 2. The molecule has 5 heterocycles. The highest BCUT2D eigenvalue weighted by Gasteiger charge is 2.26. The van der Waals surface area contributed by atoms with Gasteiger partial charge in [0.05, 0.1) is 6.42 Å². The standard InChI is InChI=1S/C84H110N10O/c1-7-13-19-25-31-37-62-53-70-71(54-63(62)38-32-26-20-14-8-2)81-89-79(70)87-77-68-50-49-60(46-43-59-44-47-61(48-45-59)52-76(95)94-85)51-69(68)78(86-77)88-80-72-55-64(39-33-27-21-15-9-3)65(40-34-28-22-16-10-4)56-73(72)82(90-80)92-84-75-58-67(42-36-30-24-18-12-6)66(41-35-29-23-17-11-5)57-74(75)83(91-81)93-84/h44-45,47-51,53-58H,7-42,52,85H2,1-6H3,(H,94,95)(H2,86,87,88,89,90,91,92,93). The van der Waals surface area contributed by atoms with Crippen LogP contribution in [0, 0.1) is 11.8 Å². The minimum atomic E-state index is -0.239. The molecule has 95 heavy (non-hydrogen) atoms. The Morgan fingerprint density at radius 3 is 0.947 bits per heavy atom. The maximum Gasteiger partial charge on any atom is 0.238 e. The van der Waals surface area contributed by atoms with Crippen LogP contribution in [0.5, 0.6) is 0 Å². The summed E-state index contributed by atoms with van der Waals surface area (Å²) in [5.74, 6) is 14.6. The Bertz CT molecular complexity index is 4070. The Morgan fingerprint density at radius 1 is 0.337 bits per heavy atom. The lowest BCUT2D eigenvalue weighted by Crippen LogP contribution is -2.31. The molecule has 0 radical (unpaired) electrons. The zero-order valence-electron chi connectivity index (χ0n) is 58.8. The van der Waals surface area contributed by atoms with Crippen molar-refractivity contribution in [1.82, 2.24) is 45.3 Å². The summed E-state index contributed by atoms with van der Waals surface area (Å²) in [6, 6.07) is 28.8. The first-order chi connectivity index (χ1) is 46.7. The SMILES string of the molecule is CCCCCCCc1cc2c(cc1CCCCCCC)-c1nc-2nc2[nH]c(nc3nc(nc4[nH]c(n1)c1cc(CCCCCCC)c(CCCCCCC)cc41)-c1cc(CCCCCCC)c(CCCCCCC)cc1-3)c1cc(C#Cc3ccc(CC(=O)NN)cc3)ccc21. The molecule has 11 heteroatoms. The van der Waals surface area contributed by atoms with Crippen LogP contribution in [0.1, 0.15) is 284 Å². The quantitative estimate of drug-likeness (QED) is 0.00977. The molecule has 1 amide bonds. The van der Waals surface area contributed by atoms with E-state index in [4.69, 9.17) is 35.7 Å². The number of nitrogens with two attached hydrogens (primary N) is 1. The van der Waals surface area contributed by atoms with E-state index in [1.54, 1.807) is 0 Å². The van der Waals surface area contributed by atoms with Crippen molar-refractivity contribution in [2.75, 3.05) is 0 Å². The number of nitrogens with zero attached hydrogens (tertiary/aromatic N) is 6. The highest BCUT2D eigenvalue weighted by atomic mass is 16.2. The highest BCUT2D eigenvalue weighted by molar-refractivity contribution is 6.07. The molecule has 502 valence electrons. The first kappa shape index (κ1) is 70.3. The largest absolute Gasteiger partial charge is 0.324 e. The number of hydrazine groups is 1. The van der Waals surface area contributed by atoms with Crippen LogP contribution in [0.2, 0.25) is 0 Å². The zero-order chi connectivity index (χ0) is 66.1. The molecular formula is C84H110N10O. The lowest BCUT2D eigenvalue weighted by atomic mass is 9.92. The van der Waals surface area contributed by atoms with Crippen molar-refractivity contribution < 1.29 is 4.79 Å². The van der Waals surface area contributed by atoms with Gasteiger partial charge in [-0.25, -0.2) is 35.7 Å². The average molecular weight is 1280 g/mol. The molecule has 11 nitrogen and oxygen atoms in total. The van der Waals surface area contributed by atoms with E-state index in [0.29, 0.717) is 34.6 Å². The molecular weight excluding hydrogens is 1160 g/mol. The monoisotopic (exact) mass is 1270 g/mol. The Morgan fingerprint density at radius 2 is 0.621 bits per heavy atom. The third-order valence-corrected chi connectivity index (χ3v) is 19.9. The van der Waals surface area contributed by atoms with Gasteiger partial charge in [-0.2, -0.15) is 0 Å². The molecule has 2 aliphatic rings. The number of carbonyl (C=O) groups is 1. The summed E-state index contributed by atoms with van der Waals surface area (Å²) in [7, 11) is 0. The lowest BCUT2D eigenvalue weighted by molar-refractivity contribution is -0.120. The van der Waals surface area contributed by atoms with Gasteiger partial charge in [-0.15, -0.1) is 0 Å². The number of benzene rings is 5. The Kier molecular flexibility index (Phi) is 27.0. The summed E-state index contributed by atoms with van der Waals surface area (Å²) >= 11 is 0. The number of rotatable bonds is 38. The predicted molar refractivity (Wildman–Crippen MR) is 399 cm³/mol. The number of hydrogen-bond acceptors (Lipinski definition) is 8. The molecule has 5 N–H and O–H groups in total. The van der Waals surface area contributed by atoms with Crippen molar-refractivity contribution in [1.29, 1.82) is 0 Å². The van der Waals surface area contributed by atoms with E-state index in [9.17, 15) is 4.79 Å². The van der Waals surface area contributed by atoms with Gasteiger partial charge in [0.1, 0.15) is 22.6 Å². The van der Waals surface area contributed by atoms with Gasteiger partial charge in [-0.3, -0.25) is 10.2 Å². The number of unbranched alkanes of at least 4 members (excludes halogenated alkanes) is 24. The van der Waals surface area contributed by atoms with Gasteiger partial charge in [0, 0.05) is 54.9 Å². The fourth-order valence-electron chi connectivity index (χ4n) is 14.3. The van der Waals surface area contributed by atoms with Crippen molar-refractivity contribution in [2.24, 2.45) is 5.84 Å². The maximum atomic E-state index is 12.1. The number of hydrogen-bond donors (Lipinski definition) is 4. The average Bonchev–Trinajstić information content (AvgIpc) is 1.61. The third kappa shape index (κ3) is 18.9. The Labute approximate surface area is 568 Å². The number of aromatic amines is 2. The second-order valence-corrected chi connectivity index (χ2v) is 27.5. The molecule has 0 saturated carbocycles. The van der Waals surface area contributed by atoms with Gasteiger partial charge in [-0.05, 0) is 183 Å². The molecule has 3 aromatic heterocycles. The van der Waals surface area contributed by atoms with E-state index < -0.39 is 0 Å². The molecule has 0 fully saturated rings. The Balaban J connectivity index is 1.24. The van der Waals surface area contributed by atoms with Gasteiger partial charge >= 0.3 is 0 Å². The van der Waals surface area contributed by atoms with Gasteiger partial charge in [-0.1, -0.05) is 220 Å². The smallest absolute Gasteiger partial charge is 0.238 e. The maximum absolute atomic E-state index is 12.1. The molecule has 5 aromatic carbocycles. The number of aryl methyl sites for hydroxylation is 6. The second kappa shape index (κ2) is 36.5. The van der Waals surface area contributed by atoms with Crippen LogP contribution in [0.15, 0.2) is 78.9 Å². The van der Waals surface area contributed by atoms with Crippen LogP contribution in [0.25, 0.3) is 89.7 Å². The molecule has 0 unspecified atom stereocenters. The van der Waals surface area contributed by atoms with Crippen LogP contribution < -0.4 is 11.3 Å². The molecule has 8 aromatic rings. The zero-order valence-corrected chi connectivity index (χ0v) is 58.8. The summed E-state index contributed by atoms with van der Waals surface area (Å²) < 4.78 is 0. The fourth-order valence-corrected chi connectivity index (χ4v) is 14.3. The number of aromatic nitrogens is 8. The van der Waals surface area contributed by atoms with Crippen molar-refractivity contribution >= 4 is 50.0 Å². The number of amides is 1. The Hall–Kier alpha value is -7.55. The van der Waals surface area contributed by atoms with Crippen molar-refractivity contribution in [2.45, 2.75) is 279 Å². The second-order valence-electron chi connectivity index (χ2n) is 27.5. The summed E-state index contributed by atoms with van der Waals surface area (Å²) in [6.07, 6.45) is 43.2. The molecule has 0 spiro atoms. The van der Waals surface area contributed by atoms with Gasteiger partial charge in [0.2, 0.25) is 5.91 Å². The van der Waals surface area contributed by atoms with E-state index in [2.05, 4.69) is 123 Å². The van der Waals surface area contributed by atoms with Crippen LogP contribution in [-0.4, -0.2) is 45.8 Å². The van der Waals surface area contributed by atoms with E-state index in [1.165, 1.54) is 194 Å². The van der Waals surface area contributed by atoms with Gasteiger partial charge in [0.25, 0.3) is 0 Å². The number of nitrogens with one attached hydrogen (secondary N) is 3. The molecule has 2 aliphatic heterocycles. The van der Waals surface area contributed by atoms with Crippen LogP contribution in [0.4, 0.5) is 0 Å². The molecule has 0 saturated heterocycles. The first-order valence-electron chi connectivity index (χ1n) is 37.8. The van der Waals surface area contributed by atoms with Gasteiger partial charge < -0.3 is 9.97 Å². The van der Waals surface area contributed by atoms with Crippen molar-refractivity contribution in [3.05, 3.63) is 129 Å².